The molecule has 1 aromatic carbocycles. The monoisotopic (exact) mass is 249 g/mol. The quantitative estimate of drug-likeness (QED) is 0.785. The van der Waals surface area contributed by atoms with E-state index in [2.05, 4.69) is 11.4 Å². The van der Waals surface area contributed by atoms with Gasteiger partial charge in [0.1, 0.15) is 5.75 Å². The summed E-state index contributed by atoms with van der Waals surface area (Å²) >= 11 is 0. The zero-order valence-corrected chi connectivity index (χ0v) is 11.2. The van der Waals surface area contributed by atoms with Crippen LogP contribution in [0, 0.1) is 13.8 Å². The van der Waals surface area contributed by atoms with E-state index in [1.54, 1.807) is 20.2 Å². The first-order valence-electron chi connectivity index (χ1n) is 5.73. The molecule has 0 heterocycles. The molecule has 0 amide bonds. The van der Waals surface area contributed by atoms with Gasteiger partial charge in [0, 0.05) is 11.6 Å². The first-order chi connectivity index (χ1) is 8.49. The van der Waals surface area contributed by atoms with Crippen molar-refractivity contribution < 1.29 is 14.6 Å². The van der Waals surface area contributed by atoms with E-state index in [0.29, 0.717) is 0 Å². The number of aliphatic carboxylic acids is 1. The molecule has 0 bridgehead atoms. The molecule has 0 saturated heterocycles. The molecule has 0 aliphatic rings. The molecule has 0 fully saturated rings. The van der Waals surface area contributed by atoms with E-state index in [0.717, 1.165) is 28.5 Å². The van der Waals surface area contributed by atoms with E-state index < -0.39 is 5.97 Å². The molecule has 1 aromatic rings. The molecule has 1 unspecified atom stereocenters. The van der Waals surface area contributed by atoms with Crippen LogP contribution in [0.3, 0.4) is 0 Å². The molecule has 1 rings (SSSR count). The number of hydrogen-bond acceptors (Lipinski definition) is 3. The SMILES string of the molecule is CNC(/C=C/C(=O)O)c1c(C)cc(C)cc1OC. The van der Waals surface area contributed by atoms with Gasteiger partial charge in [-0.2, -0.15) is 0 Å². The van der Waals surface area contributed by atoms with Crippen LogP contribution in [0.25, 0.3) is 0 Å². The van der Waals surface area contributed by atoms with Crippen LogP contribution in [0.4, 0.5) is 0 Å². The van der Waals surface area contributed by atoms with Crippen LogP contribution in [0.1, 0.15) is 22.7 Å². The summed E-state index contributed by atoms with van der Waals surface area (Å²) < 4.78 is 5.38. The number of nitrogens with one attached hydrogen (secondary N) is 1. The van der Waals surface area contributed by atoms with Crippen molar-refractivity contribution in [3.63, 3.8) is 0 Å². The van der Waals surface area contributed by atoms with E-state index in [-0.39, 0.29) is 6.04 Å². The molecule has 4 nitrogen and oxygen atoms in total. The number of ether oxygens (including phenoxy) is 1. The van der Waals surface area contributed by atoms with Crippen molar-refractivity contribution in [3.8, 4) is 5.75 Å². The van der Waals surface area contributed by atoms with Gasteiger partial charge in [-0.15, -0.1) is 0 Å². The third-order valence-electron chi connectivity index (χ3n) is 2.77. The third kappa shape index (κ3) is 3.34. The van der Waals surface area contributed by atoms with Gasteiger partial charge in [-0.1, -0.05) is 12.1 Å². The van der Waals surface area contributed by atoms with Gasteiger partial charge >= 0.3 is 5.97 Å². The Balaban J connectivity index is 3.24. The highest BCUT2D eigenvalue weighted by molar-refractivity contribution is 5.79. The van der Waals surface area contributed by atoms with Gasteiger partial charge in [0.2, 0.25) is 0 Å². The maximum Gasteiger partial charge on any atom is 0.328 e. The summed E-state index contributed by atoms with van der Waals surface area (Å²) in [5.74, 6) is -0.194. The standard InChI is InChI=1S/C14H19NO3/c1-9-7-10(2)14(12(8-9)18-4)11(15-3)5-6-13(16)17/h5-8,11,15H,1-4H3,(H,16,17)/b6-5+. The van der Waals surface area contributed by atoms with Crippen molar-refractivity contribution in [2.45, 2.75) is 19.9 Å². The molecule has 0 radical (unpaired) electrons. The summed E-state index contributed by atoms with van der Waals surface area (Å²) in [7, 11) is 3.40. The Kier molecular flexibility index (Phi) is 4.92. The van der Waals surface area contributed by atoms with Gasteiger partial charge in [-0.05, 0) is 38.1 Å². The van der Waals surface area contributed by atoms with Gasteiger partial charge in [-0.25, -0.2) is 4.79 Å². The molecule has 0 aliphatic carbocycles. The zero-order chi connectivity index (χ0) is 13.7. The van der Waals surface area contributed by atoms with Gasteiger partial charge in [0.15, 0.2) is 0 Å². The lowest BCUT2D eigenvalue weighted by Crippen LogP contribution is -2.16. The highest BCUT2D eigenvalue weighted by atomic mass is 16.5. The predicted octanol–water partition coefficient (Wildman–Crippen LogP) is 2.21. The van der Waals surface area contributed by atoms with Gasteiger partial charge in [0.05, 0.1) is 13.2 Å². The fraction of sp³-hybridized carbons (Fsp3) is 0.357. The van der Waals surface area contributed by atoms with Crippen LogP contribution in [0.15, 0.2) is 24.3 Å². The number of carboxylic acids is 1. The minimum atomic E-state index is -0.959. The molecule has 0 saturated carbocycles. The first-order valence-corrected chi connectivity index (χ1v) is 5.73. The summed E-state index contributed by atoms with van der Waals surface area (Å²) in [5.41, 5.74) is 3.15. The maximum absolute atomic E-state index is 10.6. The summed E-state index contributed by atoms with van der Waals surface area (Å²) in [4.78, 5) is 10.6. The molecule has 1 atom stereocenters. The second-order valence-corrected chi connectivity index (χ2v) is 4.16. The van der Waals surface area contributed by atoms with Crippen molar-refractivity contribution in [2.75, 3.05) is 14.2 Å². The smallest absolute Gasteiger partial charge is 0.328 e. The lowest BCUT2D eigenvalue weighted by atomic mass is 9.97. The second kappa shape index (κ2) is 6.21. The summed E-state index contributed by atoms with van der Waals surface area (Å²) in [5, 5.41) is 11.8. The number of aryl methyl sites for hydroxylation is 2. The number of likely N-dealkylation sites (N-methyl/N-ethyl adjacent to an activating group) is 1. The molecule has 2 N–H and O–H groups in total. The molecule has 0 spiro atoms. The van der Waals surface area contributed by atoms with Crippen LogP contribution < -0.4 is 10.1 Å². The molecule has 0 aliphatic heterocycles. The molecule has 18 heavy (non-hydrogen) atoms. The van der Waals surface area contributed by atoms with Crippen molar-refractivity contribution in [3.05, 3.63) is 41.0 Å². The van der Waals surface area contributed by atoms with Crippen molar-refractivity contribution in [2.24, 2.45) is 0 Å². The Bertz CT molecular complexity index is 466. The molecular weight excluding hydrogens is 230 g/mol. The molecule has 4 heteroatoms. The van der Waals surface area contributed by atoms with Crippen LogP contribution >= 0.6 is 0 Å². The average molecular weight is 249 g/mol. The van der Waals surface area contributed by atoms with E-state index >= 15 is 0 Å². The van der Waals surface area contributed by atoms with E-state index in [1.165, 1.54) is 0 Å². The Morgan fingerprint density at radius 2 is 2.11 bits per heavy atom. The van der Waals surface area contributed by atoms with E-state index in [9.17, 15) is 4.79 Å². The van der Waals surface area contributed by atoms with Crippen molar-refractivity contribution in [1.82, 2.24) is 5.32 Å². The summed E-state index contributed by atoms with van der Waals surface area (Å²) in [6.45, 7) is 3.99. The normalized spacial score (nSPS) is 12.7. The van der Waals surface area contributed by atoms with Crippen molar-refractivity contribution >= 4 is 5.97 Å². The Morgan fingerprint density at radius 1 is 1.44 bits per heavy atom. The maximum atomic E-state index is 10.6. The fourth-order valence-electron chi connectivity index (χ4n) is 2.02. The van der Waals surface area contributed by atoms with Crippen LogP contribution in [0.5, 0.6) is 5.75 Å². The molecule has 0 aromatic heterocycles. The lowest BCUT2D eigenvalue weighted by molar-refractivity contribution is -0.131. The van der Waals surface area contributed by atoms with Crippen LogP contribution in [-0.4, -0.2) is 25.2 Å². The van der Waals surface area contributed by atoms with E-state index in [4.69, 9.17) is 9.84 Å². The summed E-state index contributed by atoms with van der Waals surface area (Å²) in [6, 6.07) is 3.81. The number of rotatable bonds is 5. The van der Waals surface area contributed by atoms with Gasteiger partial charge < -0.3 is 15.2 Å². The van der Waals surface area contributed by atoms with Crippen molar-refractivity contribution in [1.29, 1.82) is 0 Å². The topological polar surface area (TPSA) is 58.6 Å². The van der Waals surface area contributed by atoms with Crippen LogP contribution in [0.2, 0.25) is 0 Å². The average Bonchev–Trinajstić information content (AvgIpc) is 2.30. The minimum Gasteiger partial charge on any atom is -0.496 e. The number of benzene rings is 1. The van der Waals surface area contributed by atoms with Gasteiger partial charge in [-0.3, -0.25) is 0 Å². The van der Waals surface area contributed by atoms with Gasteiger partial charge in [0.25, 0.3) is 0 Å². The third-order valence-corrected chi connectivity index (χ3v) is 2.77. The molecular formula is C14H19NO3. The Labute approximate surface area is 107 Å². The van der Waals surface area contributed by atoms with E-state index in [1.807, 2.05) is 19.9 Å². The second-order valence-electron chi connectivity index (χ2n) is 4.16. The highest BCUT2D eigenvalue weighted by Gasteiger charge is 2.15. The number of hydrogen-bond donors (Lipinski definition) is 2. The first kappa shape index (κ1) is 14.3. The van der Waals surface area contributed by atoms with Crippen LogP contribution in [-0.2, 0) is 4.79 Å². The predicted molar refractivity (Wildman–Crippen MR) is 71.0 cm³/mol. The molecule has 98 valence electrons. The largest absolute Gasteiger partial charge is 0.496 e. The number of carboxylic acid groups (broad SMARTS) is 1. The highest BCUT2D eigenvalue weighted by Crippen LogP contribution is 2.30. The summed E-state index contributed by atoms with van der Waals surface area (Å²) in [6.07, 6.45) is 2.75. The minimum absolute atomic E-state index is 0.184. The Morgan fingerprint density at radius 3 is 2.61 bits per heavy atom. The zero-order valence-electron chi connectivity index (χ0n) is 11.2. The number of methoxy groups -OCH3 is 1. The lowest BCUT2D eigenvalue weighted by Gasteiger charge is -2.19. The number of carbonyl (C=O) groups is 1. The fourth-order valence-corrected chi connectivity index (χ4v) is 2.02. The Hall–Kier alpha value is -1.81.